The van der Waals surface area contributed by atoms with E-state index < -0.39 is 70.5 Å². The number of methoxy groups -OCH3 is 1. The fraction of sp³-hybridized carbons (Fsp3) is 0.450. The van der Waals surface area contributed by atoms with E-state index in [9.17, 15) is 19.6 Å². The van der Waals surface area contributed by atoms with Crippen LogP contribution in [0.5, 0.6) is 5.75 Å². The van der Waals surface area contributed by atoms with E-state index in [1.807, 2.05) is 20.8 Å². The molecule has 2 saturated heterocycles. The van der Waals surface area contributed by atoms with Gasteiger partial charge in [-0.15, -0.1) is 0 Å². The predicted molar refractivity (Wildman–Crippen MR) is 204 cm³/mol. The Hall–Kier alpha value is -4.52. The van der Waals surface area contributed by atoms with Gasteiger partial charge in [-0.1, -0.05) is 62.2 Å². The van der Waals surface area contributed by atoms with E-state index in [1.165, 1.54) is 62.6 Å². The topological polar surface area (TPSA) is 157 Å². The molecule has 16 heteroatoms. The molecule has 300 valence electrons. The summed E-state index contributed by atoms with van der Waals surface area (Å²) in [5, 5.41) is 19.5. The normalized spacial score (nSPS) is 23.5. The minimum absolute atomic E-state index is 0.000684. The number of anilines is 1. The van der Waals surface area contributed by atoms with Gasteiger partial charge >= 0.3 is 12.1 Å². The summed E-state index contributed by atoms with van der Waals surface area (Å²) in [5.41, 5.74) is -2.30. The number of carbonyl (C=O) groups excluding carboxylic acids is 3. The summed E-state index contributed by atoms with van der Waals surface area (Å²) in [6.45, 7) is 11.1. The van der Waals surface area contributed by atoms with Gasteiger partial charge in [0.25, 0.3) is 0 Å². The molecule has 0 saturated carbocycles. The number of alkyl carbamates (subject to hydrolysis) is 1. The van der Waals surface area contributed by atoms with Crippen molar-refractivity contribution in [2.24, 2.45) is 5.41 Å². The lowest BCUT2D eigenvalue weighted by Gasteiger charge is -2.37. The Morgan fingerprint density at radius 1 is 1.09 bits per heavy atom. The van der Waals surface area contributed by atoms with Crippen molar-refractivity contribution in [1.82, 2.24) is 10.6 Å². The van der Waals surface area contributed by atoms with E-state index in [0.717, 1.165) is 6.07 Å². The van der Waals surface area contributed by atoms with E-state index in [0.29, 0.717) is 0 Å². The second kappa shape index (κ2) is 16.9. The molecular weight excluding hydrogens is 773 g/mol. The van der Waals surface area contributed by atoms with Crippen LogP contribution in [0.3, 0.4) is 0 Å². The largest absolute Gasteiger partial charge is 0.495 e. The molecule has 6 atom stereocenters. The molecule has 2 aliphatic heterocycles. The lowest BCUT2D eigenvalue weighted by molar-refractivity contribution is -0.137. The number of amides is 2. The number of rotatable bonds is 11. The van der Waals surface area contributed by atoms with E-state index in [1.54, 1.807) is 13.8 Å². The molecule has 56 heavy (non-hydrogen) atoms. The van der Waals surface area contributed by atoms with Crippen molar-refractivity contribution < 1.29 is 46.8 Å². The van der Waals surface area contributed by atoms with Crippen molar-refractivity contribution in [3.8, 4) is 11.8 Å². The molecule has 0 aliphatic carbocycles. The lowest BCUT2D eigenvalue weighted by atomic mass is 9.62. The van der Waals surface area contributed by atoms with Crippen LogP contribution in [0.15, 0.2) is 54.6 Å². The number of nitrogens with zero attached hydrogens (tertiary/aromatic N) is 1. The standard InChI is InChI=1S/C40H44Cl2F2N4O8/c1-21(55-37(51)46-18-24-19-53-39(5,6)56-24)54-36(50)22-11-14-29(30(15-22)52-7)47-35(49)34-32(25-9-8-10-27(42)33(25)44)40(20-45,31(48-34)17-38(2,3)4)26-13-12-23(41)16-28(26)43/h8-16,21,24,31-32,34,48H,17-19H2,1-7H3,(H,46,51)(H,47,49)/t21?,24?,31-,32-,34+,40-/m0/s1. The van der Waals surface area contributed by atoms with Gasteiger partial charge in [-0.05, 0) is 67.6 Å². The molecule has 0 aromatic heterocycles. The molecule has 0 spiro atoms. The summed E-state index contributed by atoms with van der Waals surface area (Å²) in [6, 6.07) is 12.3. The van der Waals surface area contributed by atoms with Crippen molar-refractivity contribution in [3.05, 3.63) is 93.0 Å². The highest BCUT2D eigenvalue weighted by Gasteiger charge is 2.61. The summed E-state index contributed by atoms with van der Waals surface area (Å²) in [5.74, 6) is -5.25. The Labute approximate surface area is 334 Å². The van der Waals surface area contributed by atoms with E-state index >= 15 is 8.78 Å². The molecule has 2 fully saturated rings. The van der Waals surface area contributed by atoms with Crippen molar-refractivity contribution in [1.29, 1.82) is 5.26 Å². The van der Waals surface area contributed by atoms with Crippen LogP contribution in [-0.4, -0.2) is 68.5 Å². The number of nitrogens with one attached hydrogen (secondary N) is 3. The second-order valence-corrected chi connectivity index (χ2v) is 16.1. The van der Waals surface area contributed by atoms with Gasteiger partial charge in [0.05, 0.1) is 42.1 Å². The summed E-state index contributed by atoms with van der Waals surface area (Å²) in [4.78, 5) is 39.8. The second-order valence-electron chi connectivity index (χ2n) is 15.3. The fourth-order valence-electron chi connectivity index (χ4n) is 7.18. The third kappa shape index (κ3) is 9.36. The van der Waals surface area contributed by atoms with Gasteiger partial charge in [0.2, 0.25) is 12.2 Å². The number of nitriles is 1. The van der Waals surface area contributed by atoms with Crippen LogP contribution in [-0.2, 0) is 29.2 Å². The van der Waals surface area contributed by atoms with Crippen molar-refractivity contribution >= 4 is 46.9 Å². The highest BCUT2D eigenvalue weighted by molar-refractivity contribution is 6.31. The van der Waals surface area contributed by atoms with Crippen molar-refractivity contribution in [2.45, 2.75) is 89.6 Å². The number of carbonyl (C=O) groups is 3. The Morgan fingerprint density at radius 3 is 2.45 bits per heavy atom. The van der Waals surface area contributed by atoms with Gasteiger partial charge in [0.15, 0.2) is 5.79 Å². The van der Waals surface area contributed by atoms with Crippen LogP contribution in [0.2, 0.25) is 10.0 Å². The maximum absolute atomic E-state index is 16.0. The van der Waals surface area contributed by atoms with Crippen molar-refractivity contribution in [3.63, 3.8) is 0 Å². The maximum Gasteiger partial charge on any atom is 0.410 e. The molecular formula is C40H44Cl2F2N4O8. The zero-order valence-corrected chi connectivity index (χ0v) is 33.4. The number of ether oxygens (including phenoxy) is 5. The summed E-state index contributed by atoms with van der Waals surface area (Å²) in [6.07, 6.45) is -2.22. The van der Waals surface area contributed by atoms with Gasteiger partial charge in [-0.3, -0.25) is 4.79 Å². The van der Waals surface area contributed by atoms with Gasteiger partial charge in [0, 0.05) is 36.0 Å². The first-order chi connectivity index (χ1) is 26.3. The van der Waals surface area contributed by atoms with Gasteiger partial charge < -0.3 is 39.6 Å². The smallest absolute Gasteiger partial charge is 0.410 e. The average molecular weight is 818 g/mol. The third-order valence-electron chi connectivity index (χ3n) is 9.51. The molecule has 2 unspecified atom stereocenters. The van der Waals surface area contributed by atoms with Crippen LogP contribution < -0.4 is 20.7 Å². The van der Waals surface area contributed by atoms with E-state index in [-0.39, 0.29) is 63.8 Å². The first-order valence-corrected chi connectivity index (χ1v) is 18.6. The molecule has 2 amide bonds. The quantitative estimate of drug-likeness (QED) is 0.130. The lowest BCUT2D eigenvalue weighted by Crippen LogP contribution is -2.45. The Morgan fingerprint density at radius 2 is 1.82 bits per heavy atom. The maximum atomic E-state index is 16.0. The Kier molecular flexibility index (Phi) is 12.9. The molecule has 3 N–H and O–H groups in total. The Balaban J connectivity index is 1.40. The first-order valence-electron chi connectivity index (χ1n) is 17.8. The molecule has 2 heterocycles. The zero-order chi connectivity index (χ0) is 41.2. The molecule has 2 aliphatic rings. The van der Waals surface area contributed by atoms with Gasteiger partial charge in [-0.2, -0.15) is 5.26 Å². The molecule has 5 rings (SSSR count). The number of esters is 1. The Bertz CT molecular complexity index is 2020. The molecule has 3 aromatic rings. The third-order valence-corrected chi connectivity index (χ3v) is 10.0. The van der Waals surface area contributed by atoms with Crippen LogP contribution >= 0.6 is 23.2 Å². The monoisotopic (exact) mass is 816 g/mol. The molecule has 3 aromatic carbocycles. The summed E-state index contributed by atoms with van der Waals surface area (Å²) in [7, 11) is 1.32. The average Bonchev–Trinajstić information content (AvgIpc) is 3.63. The van der Waals surface area contributed by atoms with E-state index in [2.05, 4.69) is 22.0 Å². The molecule has 0 radical (unpaired) electrons. The van der Waals surface area contributed by atoms with Crippen LogP contribution in [0.1, 0.15) is 75.4 Å². The SMILES string of the molecule is COc1cc(C(=O)OC(C)OC(=O)NCC2COC(C)(C)O2)ccc1NC(=O)[C@@H]1N[C@@H](CC(C)(C)C)[C@](C#N)(c2ccc(Cl)cc2F)[C@H]1c1cccc(Cl)c1F. The zero-order valence-electron chi connectivity index (χ0n) is 31.9. The van der Waals surface area contributed by atoms with Crippen LogP contribution in [0.4, 0.5) is 19.3 Å². The highest BCUT2D eigenvalue weighted by atomic mass is 35.5. The number of hydrogen-bond acceptors (Lipinski definition) is 10. The van der Waals surface area contributed by atoms with Gasteiger partial charge in [-0.25, -0.2) is 18.4 Å². The van der Waals surface area contributed by atoms with Gasteiger partial charge in [0.1, 0.15) is 28.9 Å². The minimum Gasteiger partial charge on any atom is -0.495 e. The van der Waals surface area contributed by atoms with Crippen molar-refractivity contribution in [2.75, 3.05) is 25.6 Å². The molecule has 0 bridgehead atoms. The number of benzene rings is 3. The summed E-state index contributed by atoms with van der Waals surface area (Å²) >= 11 is 12.4. The first kappa shape index (κ1) is 42.6. The summed E-state index contributed by atoms with van der Waals surface area (Å²) < 4.78 is 59.1. The number of halogens is 4. The minimum atomic E-state index is -1.83. The fourth-order valence-corrected chi connectivity index (χ4v) is 7.53. The van der Waals surface area contributed by atoms with Crippen LogP contribution in [0.25, 0.3) is 0 Å². The highest BCUT2D eigenvalue weighted by Crippen LogP contribution is 2.53. The number of hydrogen-bond donors (Lipinski definition) is 3. The van der Waals surface area contributed by atoms with Crippen LogP contribution in [0, 0.1) is 28.4 Å². The molecule has 12 nitrogen and oxygen atoms in total. The van der Waals surface area contributed by atoms with E-state index in [4.69, 9.17) is 46.9 Å². The predicted octanol–water partition coefficient (Wildman–Crippen LogP) is 7.62.